The molecule has 2 aliphatic rings. The molecule has 0 aromatic heterocycles. The Balaban J connectivity index is 1.72. The molecule has 17 heavy (non-hydrogen) atoms. The largest absolute Gasteiger partial charge is 0.340 e. The SMILES string of the molecule is CC1CN(C(=O)CCC2CCNC2)CCN1C. The molecule has 0 aliphatic carbocycles. The Kier molecular flexibility index (Phi) is 4.40. The van der Waals surface area contributed by atoms with Crippen LogP contribution < -0.4 is 5.32 Å². The van der Waals surface area contributed by atoms with Crippen LogP contribution in [0.5, 0.6) is 0 Å². The fourth-order valence-electron chi connectivity index (χ4n) is 2.72. The summed E-state index contributed by atoms with van der Waals surface area (Å²) >= 11 is 0. The van der Waals surface area contributed by atoms with Gasteiger partial charge in [0.15, 0.2) is 0 Å². The van der Waals surface area contributed by atoms with E-state index >= 15 is 0 Å². The molecule has 98 valence electrons. The minimum atomic E-state index is 0.358. The van der Waals surface area contributed by atoms with Crippen LogP contribution in [0.3, 0.4) is 0 Å². The monoisotopic (exact) mass is 239 g/mol. The predicted octanol–water partition coefficient (Wildman–Crippen LogP) is 0.539. The van der Waals surface area contributed by atoms with Crippen molar-refractivity contribution < 1.29 is 4.79 Å². The zero-order valence-electron chi connectivity index (χ0n) is 11.1. The highest BCUT2D eigenvalue weighted by Crippen LogP contribution is 2.16. The Bertz CT molecular complexity index is 263. The summed E-state index contributed by atoms with van der Waals surface area (Å²) in [5.74, 6) is 1.08. The van der Waals surface area contributed by atoms with E-state index in [1.807, 2.05) is 4.90 Å². The highest BCUT2D eigenvalue weighted by atomic mass is 16.2. The fourth-order valence-corrected chi connectivity index (χ4v) is 2.72. The Morgan fingerprint density at radius 2 is 2.24 bits per heavy atom. The Labute approximate surface area is 104 Å². The van der Waals surface area contributed by atoms with Crippen molar-refractivity contribution in [2.75, 3.05) is 39.8 Å². The molecule has 2 rings (SSSR count). The van der Waals surface area contributed by atoms with Crippen molar-refractivity contribution in [3.05, 3.63) is 0 Å². The molecule has 1 N–H and O–H groups in total. The summed E-state index contributed by atoms with van der Waals surface area (Å²) in [7, 11) is 2.14. The molecular weight excluding hydrogens is 214 g/mol. The van der Waals surface area contributed by atoms with Crippen LogP contribution in [0.25, 0.3) is 0 Å². The topological polar surface area (TPSA) is 35.6 Å². The summed E-state index contributed by atoms with van der Waals surface area (Å²) in [5.41, 5.74) is 0. The molecule has 0 aromatic carbocycles. The zero-order valence-corrected chi connectivity index (χ0v) is 11.1. The number of likely N-dealkylation sites (N-methyl/N-ethyl adjacent to an activating group) is 1. The maximum absolute atomic E-state index is 12.1. The number of hydrogen-bond donors (Lipinski definition) is 1. The van der Waals surface area contributed by atoms with Gasteiger partial charge in [-0.1, -0.05) is 0 Å². The lowest BCUT2D eigenvalue weighted by Gasteiger charge is -2.37. The van der Waals surface area contributed by atoms with Crippen LogP contribution in [-0.4, -0.2) is 61.5 Å². The van der Waals surface area contributed by atoms with Gasteiger partial charge in [0.25, 0.3) is 0 Å². The maximum atomic E-state index is 12.1. The van der Waals surface area contributed by atoms with Crippen molar-refractivity contribution in [2.45, 2.75) is 32.2 Å². The first kappa shape index (κ1) is 12.8. The van der Waals surface area contributed by atoms with E-state index < -0.39 is 0 Å². The zero-order chi connectivity index (χ0) is 12.3. The maximum Gasteiger partial charge on any atom is 0.222 e. The van der Waals surface area contributed by atoms with Gasteiger partial charge in [-0.05, 0) is 45.8 Å². The fraction of sp³-hybridized carbons (Fsp3) is 0.923. The van der Waals surface area contributed by atoms with Crippen molar-refractivity contribution in [2.24, 2.45) is 5.92 Å². The van der Waals surface area contributed by atoms with Crippen LogP contribution in [0.15, 0.2) is 0 Å². The van der Waals surface area contributed by atoms with Crippen LogP contribution in [0, 0.1) is 5.92 Å². The molecule has 0 bridgehead atoms. The van der Waals surface area contributed by atoms with E-state index in [1.165, 1.54) is 6.42 Å². The van der Waals surface area contributed by atoms with Gasteiger partial charge < -0.3 is 15.1 Å². The molecule has 2 unspecified atom stereocenters. The lowest BCUT2D eigenvalue weighted by Crippen LogP contribution is -2.52. The molecule has 2 saturated heterocycles. The van der Waals surface area contributed by atoms with E-state index in [-0.39, 0.29) is 0 Å². The van der Waals surface area contributed by atoms with Gasteiger partial charge in [0.1, 0.15) is 0 Å². The third-order valence-corrected chi connectivity index (χ3v) is 4.24. The number of carbonyl (C=O) groups is 1. The number of nitrogens with one attached hydrogen (secondary N) is 1. The number of rotatable bonds is 3. The van der Waals surface area contributed by atoms with Gasteiger partial charge in [-0.25, -0.2) is 0 Å². The Morgan fingerprint density at radius 3 is 2.88 bits per heavy atom. The first-order valence-corrected chi connectivity index (χ1v) is 6.85. The molecule has 1 amide bonds. The second kappa shape index (κ2) is 5.83. The van der Waals surface area contributed by atoms with E-state index in [4.69, 9.17) is 0 Å². The van der Waals surface area contributed by atoms with Gasteiger partial charge in [-0.2, -0.15) is 0 Å². The second-order valence-corrected chi connectivity index (χ2v) is 5.57. The molecule has 0 aromatic rings. The summed E-state index contributed by atoms with van der Waals surface area (Å²) in [6, 6.07) is 0.501. The van der Waals surface area contributed by atoms with Gasteiger partial charge >= 0.3 is 0 Å². The second-order valence-electron chi connectivity index (χ2n) is 5.57. The first-order chi connectivity index (χ1) is 8.16. The lowest BCUT2D eigenvalue weighted by molar-refractivity contribution is -0.134. The third kappa shape index (κ3) is 3.42. The third-order valence-electron chi connectivity index (χ3n) is 4.24. The van der Waals surface area contributed by atoms with Crippen LogP contribution in [-0.2, 0) is 4.79 Å². The molecule has 2 atom stereocenters. The highest BCUT2D eigenvalue weighted by molar-refractivity contribution is 5.76. The normalized spacial score (nSPS) is 30.8. The van der Waals surface area contributed by atoms with E-state index in [1.54, 1.807) is 0 Å². The molecule has 4 heteroatoms. The van der Waals surface area contributed by atoms with Gasteiger partial charge in [-0.3, -0.25) is 4.79 Å². The van der Waals surface area contributed by atoms with Crippen LogP contribution >= 0.6 is 0 Å². The molecule has 2 fully saturated rings. The van der Waals surface area contributed by atoms with E-state index in [0.29, 0.717) is 11.9 Å². The van der Waals surface area contributed by atoms with Crippen molar-refractivity contribution in [1.82, 2.24) is 15.1 Å². The quantitative estimate of drug-likeness (QED) is 0.781. The number of nitrogens with zero attached hydrogens (tertiary/aromatic N) is 2. The van der Waals surface area contributed by atoms with Crippen LogP contribution in [0.1, 0.15) is 26.2 Å². The predicted molar refractivity (Wildman–Crippen MR) is 68.9 cm³/mol. The Hall–Kier alpha value is -0.610. The first-order valence-electron chi connectivity index (χ1n) is 6.85. The average Bonchev–Trinajstić information content (AvgIpc) is 2.82. The smallest absolute Gasteiger partial charge is 0.222 e. The molecule has 2 aliphatic heterocycles. The average molecular weight is 239 g/mol. The van der Waals surface area contributed by atoms with Gasteiger partial charge in [0.05, 0.1) is 0 Å². The van der Waals surface area contributed by atoms with Crippen molar-refractivity contribution in [3.8, 4) is 0 Å². The van der Waals surface area contributed by atoms with Crippen molar-refractivity contribution >= 4 is 5.91 Å². The number of piperazine rings is 1. The summed E-state index contributed by atoms with van der Waals surface area (Å²) in [6.45, 7) is 7.25. The van der Waals surface area contributed by atoms with E-state index in [0.717, 1.165) is 51.5 Å². The molecule has 0 radical (unpaired) electrons. The summed E-state index contributed by atoms with van der Waals surface area (Å²) in [4.78, 5) is 16.5. The molecule has 0 spiro atoms. The standard InChI is InChI=1S/C13H25N3O/c1-11-10-16(8-7-15(11)2)13(17)4-3-12-5-6-14-9-12/h11-12,14H,3-10H2,1-2H3. The van der Waals surface area contributed by atoms with Crippen LogP contribution in [0.4, 0.5) is 0 Å². The highest BCUT2D eigenvalue weighted by Gasteiger charge is 2.25. The molecule has 2 heterocycles. The van der Waals surface area contributed by atoms with Crippen LogP contribution in [0.2, 0.25) is 0 Å². The number of hydrogen-bond acceptors (Lipinski definition) is 3. The lowest BCUT2D eigenvalue weighted by atomic mass is 10.0. The Morgan fingerprint density at radius 1 is 1.41 bits per heavy atom. The van der Waals surface area contributed by atoms with E-state index in [9.17, 15) is 4.79 Å². The molecule has 0 saturated carbocycles. The molecule has 4 nitrogen and oxygen atoms in total. The number of amides is 1. The van der Waals surface area contributed by atoms with Gasteiger partial charge in [0.2, 0.25) is 5.91 Å². The van der Waals surface area contributed by atoms with Gasteiger partial charge in [-0.15, -0.1) is 0 Å². The minimum Gasteiger partial charge on any atom is -0.340 e. The summed E-state index contributed by atoms with van der Waals surface area (Å²) < 4.78 is 0. The van der Waals surface area contributed by atoms with Crippen molar-refractivity contribution in [3.63, 3.8) is 0 Å². The molecular formula is C13H25N3O. The summed E-state index contributed by atoms with van der Waals surface area (Å²) in [5, 5.41) is 3.36. The van der Waals surface area contributed by atoms with E-state index in [2.05, 4.69) is 24.2 Å². The minimum absolute atomic E-state index is 0.358. The van der Waals surface area contributed by atoms with Gasteiger partial charge in [0, 0.05) is 32.1 Å². The summed E-state index contributed by atoms with van der Waals surface area (Å²) in [6.07, 6.45) is 3.04. The number of carbonyl (C=O) groups excluding carboxylic acids is 1. The van der Waals surface area contributed by atoms with Crippen molar-refractivity contribution in [1.29, 1.82) is 0 Å².